The molecule has 0 aromatic heterocycles. The van der Waals surface area contributed by atoms with Gasteiger partial charge < -0.3 is 14.7 Å². The highest BCUT2D eigenvalue weighted by molar-refractivity contribution is 7.60. The Bertz CT molecular complexity index is 627. The normalized spacial score (nSPS) is 33.6. The smallest absolute Gasteiger partial charge is 0.302 e. The van der Waals surface area contributed by atoms with Gasteiger partial charge in [0.05, 0.1) is 6.61 Å². The summed E-state index contributed by atoms with van der Waals surface area (Å²) in [6.45, 7) is 7.07. The molecule has 158 valence electrons. The summed E-state index contributed by atoms with van der Waals surface area (Å²) in [4.78, 5) is 26.3. The maximum Gasteiger partial charge on any atom is 0.481 e. The number of hydrogen-bond donors (Lipinski definition) is 3. The molecule has 2 aliphatic carbocycles. The van der Waals surface area contributed by atoms with Gasteiger partial charge in [-0.1, -0.05) is 45.8 Å². The van der Waals surface area contributed by atoms with Crippen LogP contribution in [-0.4, -0.2) is 21.3 Å². The van der Waals surface area contributed by atoms with E-state index in [4.69, 9.17) is 9.79 Å². The number of fused-ring (bicyclic) bond motifs is 1. The molecule has 0 radical (unpaired) electrons. The van der Waals surface area contributed by atoms with Gasteiger partial charge in [0.25, 0.3) is 0 Å². The van der Waals surface area contributed by atoms with Crippen LogP contribution < -0.4 is 0 Å². The lowest BCUT2D eigenvalue weighted by Crippen LogP contribution is -2.48. The highest BCUT2D eigenvalue weighted by Crippen LogP contribution is 2.60. The van der Waals surface area contributed by atoms with Crippen LogP contribution in [0.15, 0.2) is 12.2 Å². The zero-order valence-electron chi connectivity index (χ0n) is 16.5. The van der Waals surface area contributed by atoms with Crippen LogP contribution in [-0.2, 0) is 18.0 Å². The second-order valence-corrected chi connectivity index (χ2v) is 11.7. The molecule has 27 heavy (non-hydrogen) atoms. The predicted molar refractivity (Wildman–Crippen MR) is 104 cm³/mol. The molecule has 9 heteroatoms. The quantitative estimate of drug-likeness (QED) is 0.363. The Labute approximate surface area is 162 Å². The molecule has 0 aromatic rings. The van der Waals surface area contributed by atoms with Crippen molar-refractivity contribution in [2.75, 3.05) is 6.61 Å². The highest BCUT2D eigenvalue weighted by Gasteiger charge is 2.51. The van der Waals surface area contributed by atoms with Crippen molar-refractivity contribution in [3.05, 3.63) is 12.2 Å². The van der Waals surface area contributed by atoms with E-state index in [2.05, 4.69) is 29.6 Å². The summed E-state index contributed by atoms with van der Waals surface area (Å²) < 4.78 is 30.2. The van der Waals surface area contributed by atoms with E-state index in [9.17, 15) is 14.0 Å². The molecule has 0 amide bonds. The minimum absolute atomic E-state index is 0.231. The van der Waals surface area contributed by atoms with Crippen molar-refractivity contribution in [1.29, 1.82) is 0 Å². The zero-order valence-corrected chi connectivity index (χ0v) is 18.3. The highest BCUT2D eigenvalue weighted by atomic mass is 31.3. The van der Waals surface area contributed by atoms with E-state index in [1.807, 2.05) is 6.08 Å². The average molecular weight is 424 g/mol. The third kappa shape index (κ3) is 6.50. The summed E-state index contributed by atoms with van der Waals surface area (Å²) in [6, 6.07) is 0. The maximum absolute atomic E-state index is 11.4. The Morgan fingerprint density at radius 3 is 2.41 bits per heavy atom. The molecular formula is C18H34O7P2. The van der Waals surface area contributed by atoms with Crippen molar-refractivity contribution in [1.82, 2.24) is 0 Å². The molecule has 4 atom stereocenters. The van der Waals surface area contributed by atoms with Crippen LogP contribution in [0.1, 0.15) is 72.1 Å². The summed E-state index contributed by atoms with van der Waals surface area (Å²) >= 11 is 0. The van der Waals surface area contributed by atoms with Gasteiger partial charge >= 0.3 is 15.6 Å². The first kappa shape index (κ1) is 23.3. The van der Waals surface area contributed by atoms with E-state index in [-0.39, 0.29) is 6.61 Å². The van der Waals surface area contributed by atoms with E-state index in [0.717, 1.165) is 18.8 Å². The van der Waals surface area contributed by atoms with Crippen LogP contribution in [0.25, 0.3) is 0 Å². The predicted octanol–water partition coefficient (Wildman–Crippen LogP) is 5.18. The summed E-state index contributed by atoms with van der Waals surface area (Å²) in [7, 11) is -9.81. The SMILES string of the molecule is CC1(C)CCC[C@@]2(C)[C@H](CC/C=C/COP(=O)(O)OP(=O)(O)O)CCC[C@H]12. The Morgan fingerprint density at radius 2 is 1.74 bits per heavy atom. The number of allylic oxidation sites excluding steroid dienone is 1. The van der Waals surface area contributed by atoms with Gasteiger partial charge in [0, 0.05) is 0 Å². The van der Waals surface area contributed by atoms with E-state index >= 15 is 0 Å². The Morgan fingerprint density at radius 1 is 1.04 bits per heavy atom. The van der Waals surface area contributed by atoms with Crippen LogP contribution in [0.3, 0.4) is 0 Å². The van der Waals surface area contributed by atoms with Crippen LogP contribution in [0.4, 0.5) is 0 Å². The van der Waals surface area contributed by atoms with E-state index in [1.54, 1.807) is 6.08 Å². The summed E-state index contributed by atoms with van der Waals surface area (Å²) in [5.74, 6) is 1.46. The van der Waals surface area contributed by atoms with Crippen LogP contribution in [0.5, 0.6) is 0 Å². The third-order valence-corrected chi connectivity index (χ3v) is 8.80. The first-order chi connectivity index (χ1) is 12.4. The van der Waals surface area contributed by atoms with Gasteiger partial charge in [-0.15, -0.1) is 0 Å². The minimum atomic E-state index is -5.06. The lowest BCUT2D eigenvalue weighted by atomic mass is 9.48. The molecule has 0 saturated heterocycles. The van der Waals surface area contributed by atoms with Crippen molar-refractivity contribution in [2.24, 2.45) is 22.7 Å². The molecule has 2 aliphatic rings. The lowest BCUT2D eigenvalue weighted by molar-refractivity contribution is -0.0746. The Hall–Kier alpha value is -0.0000000000000000416. The fraction of sp³-hybridized carbons (Fsp3) is 0.889. The lowest BCUT2D eigenvalue weighted by Gasteiger charge is -2.57. The molecule has 0 heterocycles. The van der Waals surface area contributed by atoms with Crippen molar-refractivity contribution >= 4 is 15.6 Å². The minimum Gasteiger partial charge on any atom is -0.302 e. The third-order valence-electron chi connectivity index (χ3n) is 6.65. The number of phosphoric ester groups is 1. The summed E-state index contributed by atoms with van der Waals surface area (Å²) in [5, 5.41) is 0. The van der Waals surface area contributed by atoms with E-state index < -0.39 is 15.6 Å². The molecule has 0 aliphatic heterocycles. The summed E-state index contributed by atoms with van der Waals surface area (Å²) in [5.41, 5.74) is 0.804. The molecule has 3 N–H and O–H groups in total. The van der Waals surface area contributed by atoms with E-state index in [0.29, 0.717) is 16.7 Å². The Balaban J connectivity index is 1.82. The molecule has 0 spiro atoms. The van der Waals surface area contributed by atoms with Gasteiger partial charge in [0.2, 0.25) is 0 Å². The maximum atomic E-state index is 11.4. The first-order valence-corrected chi connectivity index (χ1v) is 12.8. The van der Waals surface area contributed by atoms with Gasteiger partial charge in [-0.2, -0.15) is 4.31 Å². The molecule has 0 bridgehead atoms. The second kappa shape index (κ2) is 8.79. The fourth-order valence-electron chi connectivity index (χ4n) is 5.53. The molecule has 2 saturated carbocycles. The van der Waals surface area contributed by atoms with Crippen molar-refractivity contribution < 1.29 is 32.6 Å². The van der Waals surface area contributed by atoms with E-state index in [1.165, 1.54) is 38.5 Å². The average Bonchev–Trinajstić information content (AvgIpc) is 2.48. The number of hydrogen-bond acceptors (Lipinski definition) is 4. The largest absolute Gasteiger partial charge is 0.481 e. The van der Waals surface area contributed by atoms with Crippen molar-refractivity contribution in [3.63, 3.8) is 0 Å². The van der Waals surface area contributed by atoms with Crippen LogP contribution in [0, 0.1) is 22.7 Å². The molecule has 2 rings (SSSR count). The molecule has 1 unspecified atom stereocenters. The number of rotatable bonds is 8. The summed E-state index contributed by atoms with van der Waals surface area (Å²) in [6.07, 6.45) is 13.2. The van der Waals surface area contributed by atoms with Gasteiger partial charge in [0.1, 0.15) is 0 Å². The zero-order chi connectivity index (χ0) is 20.3. The molecular weight excluding hydrogens is 390 g/mol. The monoisotopic (exact) mass is 424 g/mol. The molecule has 0 aromatic carbocycles. The van der Waals surface area contributed by atoms with Gasteiger partial charge in [-0.05, 0) is 61.2 Å². The fourth-order valence-corrected chi connectivity index (χ4v) is 7.06. The molecule has 7 nitrogen and oxygen atoms in total. The molecule has 2 fully saturated rings. The van der Waals surface area contributed by atoms with Crippen LogP contribution in [0.2, 0.25) is 0 Å². The Kier molecular flexibility index (Phi) is 7.58. The first-order valence-electron chi connectivity index (χ1n) is 9.75. The topological polar surface area (TPSA) is 113 Å². The van der Waals surface area contributed by atoms with Crippen molar-refractivity contribution in [2.45, 2.75) is 72.1 Å². The van der Waals surface area contributed by atoms with Gasteiger partial charge in [-0.3, -0.25) is 4.52 Å². The number of phosphoric acid groups is 2. The van der Waals surface area contributed by atoms with Crippen molar-refractivity contribution in [3.8, 4) is 0 Å². The van der Waals surface area contributed by atoms with Gasteiger partial charge in [-0.25, -0.2) is 9.13 Å². The van der Waals surface area contributed by atoms with Gasteiger partial charge in [0.15, 0.2) is 0 Å². The van der Waals surface area contributed by atoms with Crippen LogP contribution >= 0.6 is 15.6 Å². The standard InChI is InChI=1S/C18H34O7P2/c1-17(2)12-8-13-18(3)15(10-7-11-16(17)18)9-5-4-6-14-24-27(22,23)25-26(19,20)21/h4,6,15-16H,5,7-14H2,1-3H3,(H,22,23)(H2,19,20,21)/b6-4+/t15-,16-,18+/m1/s1. The second-order valence-electron chi connectivity index (χ2n) is 8.91.